The minimum atomic E-state index is -0.415. The smallest absolute Gasteiger partial charge is 0.316 e. The maximum absolute atomic E-state index is 12.7. The second kappa shape index (κ2) is 6.32. The van der Waals surface area contributed by atoms with Gasteiger partial charge in [-0.3, -0.25) is 9.48 Å². The zero-order valence-corrected chi connectivity index (χ0v) is 16.2. The van der Waals surface area contributed by atoms with Crippen molar-refractivity contribution in [2.24, 2.45) is 12.5 Å². The molecule has 0 bridgehead atoms. The molecule has 3 heterocycles. The van der Waals surface area contributed by atoms with E-state index in [1.165, 1.54) is 12.8 Å². The van der Waals surface area contributed by atoms with Crippen molar-refractivity contribution in [3.63, 3.8) is 0 Å². The highest BCUT2D eigenvalue weighted by atomic mass is 16.4. The van der Waals surface area contributed by atoms with Crippen LogP contribution in [-0.4, -0.2) is 49.9 Å². The van der Waals surface area contributed by atoms with Crippen LogP contribution in [0.3, 0.4) is 0 Å². The van der Waals surface area contributed by atoms with Crippen LogP contribution in [0.25, 0.3) is 22.5 Å². The van der Waals surface area contributed by atoms with E-state index in [4.69, 9.17) is 4.42 Å². The molecule has 1 atom stereocenters. The second-order valence-corrected chi connectivity index (χ2v) is 8.09. The van der Waals surface area contributed by atoms with Crippen LogP contribution < -0.4 is 5.32 Å². The molecule has 1 saturated heterocycles. The van der Waals surface area contributed by atoms with Crippen LogP contribution in [-0.2, 0) is 11.8 Å². The Morgan fingerprint density at radius 2 is 1.93 bits per heavy atom. The van der Waals surface area contributed by atoms with Crippen molar-refractivity contribution in [2.45, 2.75) is 38.6 Å². The molecule has 2 aromatic heterocycles. The Bertz CT molecular complexity index is 1020. The van der Waals surface area contributed by atoms with Gasteiger partial charge in [0.1, 0.15) is 6.04 Å². The molecule has 2 aliphatic rings. The fourth-order valence-corrected chi connectivity index (χ4v) is 4.15. The molecule has 5 rings (SSSR count). The van der Waals surface area contributed by atoms with Crippen LogP contribution in [0.15, 0.2) is 28.7 Å². The van der Waals surface area contributed by atoms with Crippen molar-refractivity contribution < 1.29 is 9.21 Å². The average Bonchev–Trinajstić information content (AvgIpc) is 3.16. The number of para-hydroxylation sites is 1. The normalized spacial score (nSPS) is 19.1. The number of likely N-dealkylation sites (tertiary alicyclic amines) is 1. The first-order valence-electron chi connectivity index (χ1n) is 9.86. The number of anilines is 1. The van der Waals surface area contributed by atoms with Gasteiger partial charge in [0.25, 0.3) is 5.89 Å². The molecule has 1 spiro atoms. The highest BCUT2D eigenvalue weighted by Gasteiger charge is 2.45. The molecule has 2 fully saturated rings. The summed E-state index contributed by atoms with van der Waals surface area (Å²) in [7, 11) is 1.88. The van der Waals surface area contributed by atoms with Gasteiger partial charge < -0.3 is 14.6 Å². The lowest BCUT2D eigenvalue weighted by Crippen LogP contribution is -2.45. The van der Waals surface area contributed by atoms with Gasteiger partial charge in [-0.05, 0) is 44.1 Å². The predicted octanol–water partition coefficient (Wildman–Crippen LogP) is 2.83. The molecule has 28 heavy (non-hydrogen) atoms. The van der Waals surface area contributed by atoms with Crippen LogP contribution >= 0.6 is 0 Å². The molecular formula is C20H24N6O2. The molecule has 0 unspecified atom stereocenters. The Hall–Kier alpha value is -2.90. The fraction of sp³-hybridized carbons (Fsp3) is 0.500. The van der Waals surface area contributed by atoms with E-state index >= 15 is 0 Å². The van der Waals surface area contributed by atoms with Gasteiger partial charge in [-0.2, -0.15) is 5.10 Å². The van der Waals surface area contributed by atoms with Crippen molar-refractivity contribution in [1.82, 2.24) is 24.9 Å². The van der Waals surface area contributed by atoms with Gasteiger partial charge in [0.2, 0.25) is 5.91 Å². The van der Waals surface area contributed by atoms with Crippen molar-refractivity contribution in [1.29, 1.82) is 0 Å². The van der Waals surface area contributed by atoms with Gasteiger partial charge in [0.15, 0.2) is 5.69 Å². The molecule has 146 valence electrons. The van der Waals surface area contributed by atoms with Crippen molar-refractivity contribution in [2.75, 3.05) is 18.4 Å². The van der Waals surface area contributed by atoms with Gasteiger partial charge in [0, 0.05) is 25.5 Å². The summed E-state index contributed by atoms with van der Waals surface area (Å²) in [5, 5.41) is 16.7. The molecule has 1 aromatic carbocycles. The highest BCUT2D eigenvalue weighted by molar-refractivity contribution is 5.91. The Balaban J connectivity index is 1.29. The number of hydrogen-bond donors (Lipinski definition) is 1. The van der Waals surface area contributed by atoms with Gasteiger partial charge >= 0.3 is 6.01 Å². The number of carbonyl (C=O) groups is 1. The molecule has 1 aliphatic heterocycles. The average molecular weight is 380 g/mol. The van der Waals surface area contributed by atoms with Crippen LogP contribution in [0.4, 0.5) is 6.01 Å². The zero-order valence-electron chi connectivity index (χ0n) is 16.2. The Kier molecular flexibility index (Phi) is 3.89. The number of hydrogen-bond acceptors (Lipinski definition) is 6. The monoisotopic (exact) mass is 380 g/mol. The largest absolute Gasteiger partial charge is 0.402 e. The van der Waals surface area contributed by atoms with E-state index in [0.29, 0.717) is 17.0 Å². The van der Waals surface area contributed by atoms with E-state index < -0.39 is 6.04 Å². The van der Waals surface area contributed by atoms with E-state index in [1.54, 1.807) is 4.68 Å². The standard InChI is InChI=1S/C20H24N6O2/c1-13(18(27)26-11-9-20(7-8-20)10-12-26)21-19-23-22-17(28-19)16-14-5-3-4-6-15(14)25(2)24-16/h3-6,13H,7-12H2,1-2H3,(H,21,23)/t13-/m1/s1. The number of fused-ring (bicyclic) bond motifs is 1. The number of nitrogens with one attached hydrogen (secondary N) is 1. The number of rotatable bonds is 4. The molecule has 0 radical (unpaired) electrons. The minimum Gasteiger partial charge on any atom is -0.402 e. The number of aromatic nitrogens is 4. The summed E-state index contributed by atoms with van der Waals surface area (Å²) in [6, 6.07) is 7.71. The summed E-state index contributed by atoms with van der Waals surface area (Å²) >= 11 is 0. The first-order valence-corrected chi connectivity index (χ1v) is 9.86. The Morgan fingerprint density at radius 1 is 1.18 bits per heavy atom. The number of carbonyl (C=O) groups excluding carboxylic acids is 1. The van der Waals surface area contributed by atoms with E-state index in [-0.39, 0.29) is 11.9 Å². The first kappa shape index (κ1) is 17.2. The number of aryl methyl sites for hydroxylation is 1. The molecule has 1 saturated carbocycles. The van der Waals surface area contributed by atoms with Crippen molar-refractivity contribution in [3.8, 4) is 11.6 Å². The molecule has 3 aromatic rings. The van der Waals surface area contributed by atoms with Crippen LogP contribution in [0, 0.1) is 5.41 Å². The summed E-state index contributed by atoms with van der Waals surface area (Å²) in [6.45, 7) is 3.53. The second-order valence-electron chi connectivity index (χ2n) is 8.09. The summed E-state index contributed by atoms with van der Waals surface area (Å²) in [6.07, 6.45) is 4.91. The minimum absolute atomic E-state index is 0.0820. The third-order valence-electron chi connectivity index (χ3n) is 6.19. The lowest BCUT2D eigenvalue weighted by atomic mass is 9.93. The highest BCUT2D eigenvalue weighted by Crippen LogP contribution is 2.53. The number of nitrogens with zero attached hydrogens (tertiary/aromatic N) is 5. The van der Waals surface area contributed by atoms with E-state index in [0.717, 1.165) is 36.8 Å². The quantitative estimate of drug-likeness (QED) is 0.749. The molecule has 1 amide bonds. The lowest BCUT2D eigenvalue weighted by molar-refractivity contribution is -0.133. The molecule has 8 heteroatoms. The van der Waals surface area contributed by atoms with E-state index in [9.17, 15) is 4.79 Å². The van der Waals surface area contributed by atoms with Crippen molar-refractivity contribution >= 4 is 22.8 Å². The lowest BCUT2D eigenvalue weighted by Gasteiger charge is -2.33. The summed E-state index contributed by atoms with van der Waals surface area (Å²) in [4.78, 5) is 14.7. The van der Waals surface area contributed by atoms with Crippen LogP contribution in [0.5, 0.6) is 0 Å². The predicted molar refractivity (Wildman–Crippen MR) is 105 cm³/mol. The molecule has 1 N–H and O–H groups in total. The maximum Gasteiger partial charge on any atom is 0.316 e. The van der Waals surface area contributed by atoms with Gasteiger partial charge in [-0.15, -0.1) is 5.10 Å². The van der Waals surface area contributed by atoms with E-state index in [2.05, 4.69) is 20.6 Å². The third kappa shape index (κ3) is 2.93. The Morgan fingerprint density at radius 3 is 2.68 bits per heavy atom. The van der Waals surface area contributed by atoms with Crippen LogP contribution in [0.1, 0.15) is 32.6 Å². The van der Waals surface area contributed by atoms with Crippen LogP contribution in [0.2, 0.25) is 0 Å². The number of piperidine rings is 1. The maximum atomic E-state index is 12.7. The number of benzene rings is 1. The first-order chi connectivity index (χ1) is 13.5. The number of amides is 1. The van der Waals surface area contributed by atoms with Crippen molar-refractivity contribution in [3.05, 3.63) is 24.3 Å². The van der Waals surface area contributed by atoms with Gasteiger partial charge in [0.05, 0.1) is 5.52 Å². The topological polar surface area (TPSA) is 89.1 Å². The Labute approximate surface area is 162 Å². The summed E-state index contributed by atoms with van der Waals surface area (Å²) in [5.74, 6) is 0.422. The van der Waals surface area contributed by atoms with E-state index in [1.807, 2.05) is 43.1 Å². The van der Waals surface area contributed by atoms with Gasteiger partial charge in [-0.1, -0.05) is 23.3 Å². The van der Waals surface area contributed by atoms with Gasteiger partial charge in [-0.25, -0.2) is 0 Å². The zero-order chi connectivity index (χ0) is 19.3. The summed E-state index contributed by atoms with van der Waals surface area (Å²) < 4.78 is 7.55. The molecule has 1 aliphatic carbocycles. The molecule has 8 nitrogen and oxygen atoms in total. The summed E-state index contributed by atoms with van der Waals surface area (Å²) in [5.41, 5.74) is 2.19. The molecular weight excluding hydrogens is 356 g/mol. The fourth-order valence-electron chi connectivity index (χ4n) is 4.15. The SMILES string of the molecule is C[C@@H](Nc1nnc(-c2nn(C)c3ccccc23)o1)C(=O)N1CCC2(CC1)CC2. The third-order valence-corrected chi connectivity index (χ3v) is 6.19.